The molecule has 5 heteroatoms. The van der Waals surface area contributed by atoms with Gasteiger partial charge in [-0.1, -0.05) is 0 Å². The van der Waals surface area contributed by atoms with Crippen LogP contribution in [0.25, 0.3) is 0 Å². The third-order valence-electron chi connectivity index (χ3n) is 0. The molecule has 4 nitrogen and oxygen atoms in total. The second-order valence-electron chi connectivity index (χ2n) is 8.68. The first kappa shape index (κ1) is 33.2. The molecule has 0 aromatic heterocycles. The fourth-order valence-electron chi connectivity index (χ4n) is 0. The van der Waals surface area contributed by atoms with Crippen LogP contribution in [0, 0.1) is 0 Å². The Morgan fingerprint density at radius 1 is 0.333 bits per heavy atom. The van der Waals surface area contributed by atoms with Crippen molar-refractivity contribution in [3.05, 3.63) is 0 Å². The van der Waals surface area contributed by atoms with Crippen LogP contribution in [0.4, 0.5) is 0 Å². The number of rotatable bonds is 0. The third kappa shape index (κ3) is 32500. The topological polar surface area (TPSA) is 80.9 Å². The first-order valence-corrected chi connectivity index (χ1v) is 6.89. The van der Waals surface area contributed by atoms with Gasteiger partial charge in [-0.05, 0) is 83.1 Å². The Balaban J connectivity index is -0.0000000533. The Morgan fingerprint density at radius 2 is 0.333 bits per heavy atom. The fourth-order valence-corrected chi connectivity index (χ4v) is 0. The number of hydrogen-bond acceptors (Lipinski definition) is 4. The van der Waals surface area contributed by atoms with Crippen LogP contribution >= 0.6 is 0 Å². The SMILES string of the molecule is CC(C)(C)O.CC(C)(C)O.CC(C)(C)O.CC(C)(C)O.[Ru]. The van der Waals surface area contributed by atoms with E-state index >= 15 is 0 Å². The monoisotopic (exact) mass is 398 g/mol. The van der Waals surface area contributed by atoms with Crippen LogP contribution in [0.2, 0.25) is 0 Å². The molecule has 4 N–H and O–H groups in total. The quantitative estimate of drug-likeness (QED) is 0.474. The van der Waals surface area contributed by atoms with Gasteiger partial charge in [0.1, 0.15) is 0 Å². The molecule has 0 aliphatic rings. The molecule has 0 saturated carbocycles. The Bertz CT molecular complexity index is 130. The summed E-state index contributed by atoms with van der Waals surface area (Å²) in [7, 11) is 0. The maximum Gasteiger partial charge on any atom is 0.0563 e. The van der Waals surface area contributed by atoms with E-state index < -0.39 is 22.4 Å². The normalized spacial score (nSPS) is 11.4. The molecular formula is C16H40O4Ru. The van der Waals surface area contributed by atoms with Crippen molar-refractivity contribution in [3.8, 4) is 0 Å². The molecule has 0 radical (unpaired) electrons. The summed E-state index contributed by atoms with van der Waals surface area (Å²) in [6.45, 7) is 20.9. The van der Waals surface area contributed by atoms with E-state index in [1.807, 2.05) is 0 Å². The van der Waals surface area contributed by atoms with E-state index in [1.165, 1.54) is 0 Å². The first-order chi connectivity index (χ1) is 8.00. The summed E-state index contributed by atoms with van der Waals surface area (Å²) in [6, 6.07) is 0. The maximum atomic E-state index is 8.52. The van der Waals surface area contributed by atoms with Crippen molar-refractivity contribution in [1.82, 2.24) is 0 Å². The van der Waals surface area contributed by atoms with Crippen molar-refractivity contribution < 1.29 is 39.9 Å². The van der Waals surface area contributed by atoms with Crippen molar-refractivity contribution in [1.29, 1.82) is 0 Å². The van der Waals surface area contributed by atoms with Gasteiger partial charge in [0.15, 0.2) is 0 Å². The van der Waals surface area contributed by atoms with E-state index in [2.05, 4.69) is 0 Å². The molecule has 0 aliphatic heterocycles. The summed E-state index contributed by atoms with van der Waals surface area (Å²) in [5.74, 6) is 0. The summed E-state index contributed by atoms with van der Waals surface area (Å²) in [5, 5.41) is 34.1. The number of aliphatic hydroxyl groups is 4. The average Bonchev–Trinajstić information content (AvgIpc) is 1.62. The molecule has 0 aromatic carbocycles. The summed E-state index contributed by atoms with van der Waals surface area (Å²) in [4.78, 5) is 0. The van der Waals surface area contributed by atoms with Crippen molar-refractivity contribution in [2.45, 2.75) is 105 Å². The predicted octanol–water partition coefficient (Wildman–Crippen LogP) is 3.11. The standard InChI is InChI=1S/4C4H10O.Ru/c4*1-4(2,3)5;/h4*5H,1-3H3;. The molecule has 136 valence electrons. The predicted molar refractivity (Wildman–Crippen MR) is 87.9 cm³/mol. The zero-order valence-electron chi connectivity index (χ0n) is 16.1. The molecule has 0 rings (SSSR count). The minimum atomic E-state index is -0.500. The molecule has 0 amide bonds. The molecule has 0 fully saturated rings. The zero-order valence-corrected chi connectivity index (χ0v) is 17.9. The molecule has 0 aromatic rings. The van der Waals surface area contributed by atoms with Crippen LogP contribution in [-0.4, -0.2) is 42.8 Å². The van der Waals surface area contributed by atoms with Gasteiger partial charge in [-0.25, -0.2) is 0 Å². The molecule has 0 saturated heterocycles. The molecule has 0 aliphatic carbocycles. The Labute approximate surface area is 145 Å². The second-order valence-corrected chi connectivity index (χ2v) is 8.68. The molecule has 21 heavy (non-hydrogen) atoms. The van der Waals surface area contributed by atoms with Gasteiger partial charge >= 0.3 is 0 Å². The van der Waals surface area contributed by atoms with E-state index in [0.717, 1.165) is 0 Å². The molecule has 0 heterocycles. The van der Waals surface area contributed by atoms with Gasteiger partial charge in [0, 0.05) is 19.5 Å². The van der Waals surface area contributed by atoms with E-state index in [0.29, 0.717) is 0 Å². The Morgan fingerprint density at radius 3 is 0.333 bits per heavy atom. The van der Waals surface area contributed by atoms with Crippen LogP contribution in [0.5, 0.6) is 0 Å². The van der Waals surface area contributed by atoms with Gasteiger partial charge in [0.05, 0.1) is 22.4 Å². The van der Waals surface area contributed by atoms with Crippen molar-refractivity contribution in [3.63, 3.8) is 0 Å². The smallest absolute Gasteiger partial charge is 0.0563 e. The van der Waals surface area contributed by atoms with E-state index in [-0.39, 0.29) is 19.5 Å². The van der Waals surface area contributed by atoms with Gasteiger partial charge in [-0.15, -0.1) is 0 Å². The molecule has 0 spiro atoms. The van der Waals surface area contributed by atoms with Gasteiger partial charge in [-0.3, -0.25) is 0 Å². The maximum absolute atomic E-state index is 8.52. The van der Waals surface area contributed by atoms with Crippen LogP contribution in [0.15, 0.2) is 0 Å². The molecule has 0 atom stereocenters. The second kappa shape index (κ2) is 13.0. The van der Waals surface area contributed by atoms with E-state index in [9.17, 15) is 0 Å². The summed E-state index contributed by atoms with van der Waals surface area (Å²) in [6.07, 6.45) is 0. The summed E-state index contributed by atoms with van der Waals surface area (Å²) >= 11 is 0. The largest absolute Gasteiger partial charge is 0.391 e. The van der Waals surface area contributed by atoms with Crippen LogP contribution < -0.4 is 0 Å². The fraction of sp³-hybridized carbons (Fsp3) is 1.00. The number of hydrogen-bond donors (Lipinski definition) is 4. The minimum Gasteiger partial charge on any atom is -0.391 e. The average molecular weight is 398 g/mol. The van der Waals surface area contributed by atoms with Gasteiger partial charge in [-0.2, -0.15) is 0 Å². The summed E-state index contributed by atoms with van der Waals surface area (Å²) in [5.41, 5.74) is -2.00. The van der Waals surface area contributed by atoms with Crippen molar-refractivity contribution >= 4 is 0 Å². The van der Waals surface area contributed by atoms with Crippen LogP contribution in [0.3, 0.4) is 0 Å². The summed E-state index contributed by atoms with van der Waals surface area (Å²) < 4.78 is 0. The molecule has 0 unspecified atom stereocenters. The van der Waals surface area contributed by atoms with Crippen LogP contribution in [0.1, 0.15) is 83.1 Å². The van der Waals surface area contributed by atoms with E-state index in [1.54, 1.807) is 83.1 Å². The van der Waals surface area contributed by atoms with Gasteiger partial charge < -0.3 is 20.4 Å². The van der Waals surface area contributed by atoms with Crippen molar-refractivity contribution in [2.24, 2.45) is 0 Å². The first-order valence-electron chi connectivity index (χ1n) is 6.89. The third-order valence-corrected chi connectivity index (χ3v) is 0. The van der Waals surface area contributed by atoms with Gasteiger partial charge in [0.25, 0.3) is 0 Å². The Kier molecular flexibility index (Phi) is 20.5. The Hall–Kier alpha value is 0.463. The zero-order chi connectivity index (χ0) is 18.0. The molecule has 0 bridgehead atoms. The van der Waals surface area contributed by atoms with Crippen LogP contribution in [-0.2, 0) is 19.5 Å². The minimum absolute atomic E-state index is 0. The van der Waals surface area contributed by atoms with Crippen molar-refractivity contribution in [2.75, 3.05) is 0 Å². The molecular weight excluding hydrogens is 357 g/mol. The van der Waals surface area contributed by atoms with Gasteiger partial charge in [0.2, 0.25) is 0 Å². The van der Waals surface area contributed by atoms with E-state index in [4.69, 9.17) is 20.4 Å².